The largest absolute Gasteiger partial charge is 0.325 e. The lowest BCUT2D eigenvalue weighted by molar-refractivity contribution is -0.134. The van der Waals surface area contributed by atoms with E-state index >= 15 is 0 Å². The first kappa shape index (κ1) is 15.5. The highest BCUT2D eigenvalue weighted by Crippen LogP contribution is 2.42. The number of rotatable bonds is 4. The van der Waals surface area contributed by atoms with Gasteiger partial charge in [-0.1, -0.05) is 17.7 Å². The molecule has 0 radical (unpaired) electrons. The first-order valence-electron chi connectivity index (χ1n) is 7.82. The monoisotopic (exact) mass is 315 g/mol. The highest BCUT2D eigenvalue weighted by atomic mass is 16.2. The Morgan fingerprint density at radius 1 is 1.35 bits per heavy atom. The van der Waals surface area contributed by atoms with Gasteiger partial charge in [-0.05, 0) is 51.2 Å². The van der Waals surface area contributed by atoms with E-state index in [9.17, 15) is 14.4 Å². The lowest BCUT2D eigenvalue weighted by Gasteiger charge is -2.20. The van der Waals surface area contributed by atoms with Gasteiger partial charge in [0.25, 0.3) is 5.91 Å². The average molecular weight is 315 g/mol. The van der Waals surface area contributed by atoms with Gasteiger partial charge in [-0.15, -0.1) is 0 Å². The van der Waals surface area contributed by atoms with Crippen molar-refractivity contribution >= 4 is 23.5 Å². The predicted octanol–water partition coefficient (Wildman–Crippen LogP) is 1.96. The zero-order chi connectivity index (χ0) is 16.8. The molecule has 6 nitrogen and oxygen atoms in total. The molecule has 122 valence electrons. The molecule has 0 spiro atoms. The van der Waals surface area contributed by atoms with E-state index in [0.717, 1.165) is 28.9 Å². The summed E-state index contributed by atoms with van der Waals surface area (Å²) in [7, 11) is 0. The summed E-state index contributed by atoms with van der Waals surface area (Å²) in [4.78, 5) is 37.7. The fraction of sp³-hybridized carbons (Fsp3) is 0.471. The average Bonchev–Trinajstić information content (AvgIpc) is 3.28. The van der Waals surface area contributed by atoms with Crippen LogP contribution in [0.4, 0.5) is 10.5 Å². The standard InChI is InChI=1S/C17H21N3O3/c1-10-4-7-13(11(2)8-10)18-14(21)9-20-15(22)17(3,12-5-6-12)19-16(20)23/h4,7-8,12H,5-6,9H2,1-3H3,(H,18,21)(H,19,23)/t17-/m0/s1. The smallest absolute Gasteiger partial charge is 0.324 e. The van der Waals surface area contributed by atoms with Crippen molar-refractivity contribution in [2.45, 2.75) is 39.2 Å². The second-order valence-electron chi connectivity index (χ2n) is 6.66. The van der Waals surface area contributed by atoms with Gasteiger partial charge in [0.15, 0.2) is 0 Å². The van der Waals surface area contributed by atoms with Gasteiger partial charge in [0, 0.05) is 5.69 Å². The SMILES string of the molecule is Cc1ccc(NC(=O)CN2C(=O)N[C@@](C)(C3CC3)C2=O)c(C)c1. The summed E-state index contributed by atoms with van der Waals surface area (Å²) in [6.07, 6.45) is 1.87. The Kier molecular flexibility index (Phi) is 3.62. The fourth-order valence-electron chi connectivity index (χ4n) is 3.08. The van der Waals surface area contributed by atoms with Crippen LogP contribution in [-0.2, 0) is 9.59 Å². The minimum Gasteiger partial charge on any atom is -0.324 e. The number of hydrogen-bond acceptors (Lipinski definition) is 3. The minimum atomic E-state index is -0.850. The van der Waals surface area contributed by atoms with Crippen molar-refractivity contribution in [3.05, 3.63) is 29.3 Å². The Hall–Kier alpha value is -2.37. The van der Waals surface area contributed by atoms with Gasteiger partial charge in [-0.3, -0.25) is 14.5 Å². The van der Waals surface area contributed by atoms with Crippen LogP contribution in [0.15, 0.2) is 18.2 Å². The van der Waals surface area contributed by atoms with Crippen molar-refractivity contribution in [3.63, 3.8) is 0 Å². The molecule has 2 fully saturated rings. The van der Waals surface area contributed by atoms with E-state index < -0.39 is 11.6 Å². The Morgan fingerprint density at radius 3 is 2.65 bits per heavy atom. The van der Waals surface area contributed by atoms with Crippen molar-refractivity contribution in [2.24, 2.45) is 5.92 Å². The highest BCUT2D eigenvalue weighted by Gasteiger charge is 2.56. The molecule has 1 saturated carbocycles. The number of nitrogens with one attached hydrogen (secondary N) is 2. The maximum Gasteiger partial charge on any atom is 0.325 e. The fourth-order valence-corrected chi connectivity index (χ4v) is 3.08. The number of aryl methyl sites for hydroxylation is 2. The van der Waals surface area contributed by atoms with Crippen molar-refractivity contribution in [1.82, 2.24) is 10.2 Å². The van der Waals surface area contributed by atoms with Crippen LogP contribution in [0.1, 0.15) is 30.9 Å². The number of nitrogens with zero attached hydrogens (tertiary/aromatic N) is 1. The molecule has 23 heavy (non-hydrogen) atoms. The van der Waals surface area contributed by atoms with E-state index in [4.69, 9.17) is 0 Å². The summed E-state index contributed by atoms with van der Waals surface area (Å²) in [6.45, 7) is 5.36. The summed E-state index contributed by atoms with van der Waals surface area (Å²) in [6, 6.07) is 5.21. The summed E-state index contributed by atoms with van der Waals surface area (Å²) in [5.74, 6) is -0.493. The quantitative estimate of drug-likeness (QED) is 0.834. The molecule has 1 aliphatic carbocycles. The van der Waals surface area contributed by atoms with E-state index in [2.05, 4.69) is 10.6 Å². The molecule has 1 atom stereocenters. The maximum atomic E-state index is 12.5. The Labute approximate surface area is 135 Å². The zero-order valence-corrected chi connectivity index (χ0v) is 13.6. The molecule has 1 heterocycles. The van der Waals surface area contributed by atoms with Gasteiger partial charge >= 0.3 is 6.03 Å². The molecule has 3 rings (SSSR count). The number of amides is 4. The number of benzene rings is 1. The van der Waals surface area contributed by atoms with Crippen molar-refractivity contribution in [2.75, 3.05) is 11.9 Å². The number of carbonyl (C=O) groups is 3. The second kappa shape index (κ2) is 5.37. The van der Waals surface area contributed by atoms with E-state index in [0.29, 0.717) is 5.69 Å². The number of urea groups is 1. The molecular weight excluding hydrogens is 294 g/mol. The normalized spacial score (nSPS) is 23.9. The zero-order valence-electron chi connectivity index (χ0n) is 13.6. The lowest BCUT2D eigenvalue weighted by Crippen LogP contribution is -2.46. The third-order valence-corrected chi connectivity index (χ3v) is 4.65. The molecule has 2 N–H and O–H groups in total. The molecule has 0 unspecified atom stereocenters. The molecule has 1 aliphatic heterocycles. The first-order valence-corrected chi connectivity index (χ1v) is 7.82. The predicted molar refractivity (Wildman–Crippen MR) is 85.9 cm³/mol. The molecular formula is C17H21N3O3. The van der Waals surface area contributed by atoms with E-state index in [1.807, 2.05) is 32.0 Å². The molecule has 6 heteroatoms. The maximum absolute atomic E-state index is 12.5. The molecule has 1 aromatic carbocycles. The minimum absolute atomic E-state index is 0.186. The van der Waals surface area contributed by atoms with Gasteiger partial charge < -0.3 is 10.6 Å². The molecule has 0 bridgehead atoms. The summed E-state index contributed by atoms with van der Waals surface area (Å²) < 4.78 is 0. The highest BCUT2D eigenvalue weighted by molar-refractivity contribution is 6.10. The molecule has 1 saturated heterocycles. The first-order chi connectivity index (χ1) is 10.8. The van der Waals surface area contributed by atoms with Gasteiger partial charge in [-0.25, -0.2) is 4.79 Å². The van der Waals surface area contributed by atoms with Gasteiger partial charge in [0.05, 0.1) is 0 Å². The lowest BCUT2D eigenvalue weighted by atomic mass is 9.96. The number of anilines is 1. The Bertz CT molecular complexity index is 696. The number of carbonyl (C=O) groups excluding carboxylic acids is 3. The van der Waals surface area contributed by atoms with E-state index in [-0.39, 0.29) is 24.3 Å². The summed E-state index contributed by atoms with van der Waals surface area (Å²) in [5, 5.41) is 5.50. The Morgan fingerprint density at radius 2 is 2.04 bits per heavy atom. The molecule has 2 aliphatic rings. The Balaban J connectivity index is 1.68. The van der Waals surface area contributed by atoms with E-state index in [1.54, 1.807) is 6.92 Å². The van der Waals surface area contributed by atoms with Crippen LogP contribution in [0.2, 0.25) is 0 Å². The van der Waals surface area contributed by atoms with Crippen LogP contribution in [0.5, 0.6) is 0 Å². The van der Waals surface area contributed by atoms with Crippen molar-refractivity contribution in [1.29, 1.82) is 0 Å². The third-order valence-electron chi connectivity index (χ3n) is 4.65. The van der Waals surface area contributed by atoms with Crippen LogP contribution in [0.25, 0.3) is 0 Å². The summed E-state index contributed by atoms with van der Waals surface area (Å²) >= 11 is 0. The third kappa shape index (κ3) is 2.81. The van der Waals surface area contributed by atoms with Crippen LogP contribution < -0.4 is 10.6 Å². The topological polar surface area (TPSA) is 78.5 Å². The van der Waals surface area contributed by atoms with Crippen molar-refractivity contribution in [3.8, 4) is 0 Å². The van der Waals surface area contributed by atoms with Gasteiger partial charge in [-0.2, -0.15) is 0 Å². The van der Waals surface area contributed by atoms with Crippen LogP contribution in [-0.4, -0.2) is 34.8 Å². The molecule has 1 aromatic rings. The molecule has 0 aromatic heterocycles. The van der Waals surface area contributed by atoms with Crippen molar-refractivity contribution < 1.29 is 14.4 Å². The summed E-state index contributed by atoms with van der Waals surface area (Å²) in [5.41, 5.74) is 1.89. The van der Waals surface area contributed by atoms with Crippen LogP contribution in [0, 0.1) is 19.8 Å². The number of hydrogen-bond donors (Lipinski definition) is 2. The van der Waals surface area contributed by atoms with E-state index in [1.165, 1.54) is 0 Å². The second-order valence-corrected chi connectivity index (χ2v) is 6.66. The van der Waals surface area contributed by atoms with Crippen LogP contribution in [0.3, 0.4) is 0 Å². The molecule has 4 amide bonds. The number of imide groups is 1. The van der Waals surface area contributed by atoms with Gasteiger partial charge in [0.2, 0.25) is 5.91 Å². The van der Waals surface area contributed by atoms with Gasteiger partial charge in [0.1, 0.15) is 12.1 Å². The van der Waals surface area contributed by atoms with Crippen LogP contribution >= 0.6 is 0 Å².